The van der Waals surface area contributed by atoms with Crippen LogP contribution in [0.15, 0.2) is 4.42 Å². The third kappa shape index (κ3) is 5.46. The largest absolute Gasteiger partial charge is 0.407 e. The Kier molecular flexibility index (Phi) is 4.70. The third-order valence-corrected chi connectivity index (χ3v) is 2.45. The average molecular weight is 256 g/mol. The van der Waals surface area contributed by atoms with Crippen molar-refractivity contribution in [3.05, 3.63) is 5.89 Å². The minimum absolute atomic E-state index is 0.0279. The topological polar surface area (TPSA) is 72.2 Å². The molecule has 1 rings (SSSR count). The second kappa shape index (κ2) is 5.67. The first-order valence-corrected chi connectivity index (χ1v) is 6.08. The Morgan fingerprint density at radius 1 is 1.17 bits per heavy atom. The van der Waals surface area contributed by atoms with Crippen molar-refractivity contribution in [2.24, 2.45) is 0 Å². The highest BCUT2D eigenvalue weighted by atomic mass is 16.5. The lowest BCUT2D eigenvalue weighted by Crippen LogP contribution is -2.35. The molecule has 0 aliphatic heterocycles. The molecule has 1 aromatic heterocycles. The molecular formula is C12H24N4O2. The molecule has 104 valence electrons. The average Bonchev–Trinajstić information content (AvgIpc) is 2.71. The molecule has 0 atom stereocenters. The molecule has 18 heavy (non-hydrogen) atoms. The first kappa shape index (κ1) is 14.9. The Morgan fingerprint density at radius 3 is 2.39 bits per heavy atom. The quantitative estimate of drug-likeness (QED) is 0.808. The molecule has 1 heterocycles. The van der Waals surface area contributed by atoms with Crippen LogP contribution >= 0.6 is 0 Å². The van der Waals surface area contributed by atoms with Gasteiger partial charge in [-0.1, -0.05) is 5.10 Å². The van der Waals surface area contributed by atoms with E-state index < -0.39 is 0 Å². The zero-order valence-electron chi connectivity index (χ0n) is 12.1. The van der Waals surface area contributed by atoms with Crippen LogP contribution in [0.1, 0.15) is 40.5 Å². The first-order valence-electron chi connectivity index (χ1n) is 6.08. The van der Waals surface area contributed by atoms with E-state index in [0.29, 0.717) is 25.0 Å². The summed E-state index contributed by atoms with van der Waals surface area (Å²) in [5.41, 5.74) is -0.238. The number of methoxy groups -OCH3 is 1. The molecule has 0 fully saturated rings. The molecule has 0 amide bonds. The third-order valence-electron chi connectivity index (χ3n) is 2.45. The Balaban J connectivity index is 2.44. The van der Waals surface area contributed by atoms with Crippen LogP contribution in [0.3, 0.4) is 0 Å². The van der Waals surface area contributed by atoms with E-state index in [1.54, 1.807) is 7.11 Å². The van der Waals surface area contributed by atoms with Crippen LogP contribution in [0.2, 0.25) is 0 Å². The number of nitrogens with one attached hydrogen (secondary N) is 2. The highest BCUT2D eigenvalue weighted by Gasteiger charge is 2.17. The van der Waals surface area contributed by atoms with Gasteiger partial charge in [0.15, 0.2) is 0 Å². The van der Waals surface area contributed by atoms with Gasteiger partial charge >= 0.3 is 6.01 Å². The molecule has 0 saturated heterocycles. The highest BCUT2D eigenvalue weighted by Crippen LogP contribution is 2.11. The predicted molar refractivity (Wildman–Crippen MR) is 70.5 cm³/mol. The minimum Gasteiger partial charge on any atom is -0.407 e. The van der Waals surface area contributed by atoms with E-state index in [-0.39, 0.29) is 11.1 Å². The van der Waals surface area contributed by atoms with Gasteiger partial charge in [0, 0.05) is 19.2 Å². The van der Waals surface area contributed by atoms with Crippen LogP contribution in [-0.2, 0) is 11.3 Å². The maximum atomic E-state index is 5.47. The fraction of sp³-hybridized carbons (Fsp3) is 0.833. The van der Waals surface area contributed by atoms with Crippen molar-refractivity contribution in [2.75, 3.05) is 19.0 Å². The molecule has 0 aliphatic carbocycles. The zero-order chi connectivity index (χ0) is 13.8. The summed E-state index contributed by atoms with van der Waals surface area (Å²) >= 11 is 0. The van der Waals surface area contributed by atoms with E-state index in [1.165, 1.54) is 0 Å². The molecular weight excluding hydrogens is 232 g/mol. The van der Waals surface area contributed by atoms with Gasteiger partial charge in [0.25, 0.3) is 0 Å². The van der Waals surface area contributed by atoms with E-state index in [2.05, 4.69) is 41.6 Å². The van der Waals surface area contributed by atoms with Crippen LogP contribution in [-0.4, -0.2) is 35.0 Å². The van der Waals surface area contributed by atoms with Crippen molar-refractivity contribution in [1.82, 2.24) is 15.5 Å². The zero-order valence-corrected chi connectivity index (χ0v) is 12.1. The van der Waals surface area contributed by atoms with Gasteiger partial charge in [-0.15, -0.1) is 5.10 Å². The molecule has 0 saturated carbocycles. The molecule has 6 heteroatoms. The molecule has 2 N–H and O–H groups in total. The molecule has 1 aromatic rings. The van der Waals surface area contributed by atoms with E-state index in [1.807, 2.05) is 13.8 Å². The standard InChI is InChI=1S/C12H24N4O2/c1-11(2,3)14-7-9-15-16-10(18-9)13-8-12(4,5)17-6/h14H,7-8H2,1-6H3,(H,13,16). The van der Waals surface area contributed by atoms with Crippen molar-refractivity contribution in [3.63, 3.8) is 0 Å². The van der Waals surface area contributed by atoms with Gasteiger partial charge in [-0.25, -0.2) is 0 Å². The second-order valence-corrected chi connectivity index (χ2v) is 5.92. The van der Waals surface area contributed by atoms with Crippen molar-refractivity contribution < 1.29 is 9.15 Å². The molecule has 6 nitrogen and oxygen atoms in total. The van der Waals surface area contributed by atoms with Crippen LogP contribution in [0.5, 0.6) is 0 Å². The van der Waals surface area contributed by atoms with Gasteiger partial charge in [-0.05, 0) is 34.6 Å². The van der Waals surface area contributed by atoms with Gasteiger partial charge in [-0.2, -0.15) is 0 Å². The van der Waals surface area contributed by atoms with Crippen LogP contribution < -0.4 is 10.6 Å². The van der Waals surface area contributed by atoms with Gasteiger partial charge in [0.2, 0.25) is 5.89 Å². The molecule has 0 bridgehead atoms. The summed E-state index contributed by atoms with van der Waals surface area (Å²) in [6.07, 6.45) is 0. The SMILES string of the molecule is COC(C)(C)CNc1nnc(CNC(C)(C)C)o1. The van der Waals surface area contributed by atoms with E-state index in [9.17, 15) is 0 Å². The van der Waals surface area contributed by atoms with Gasteiger partial charge in [-0.3, -0.25) is 0 Å². The lowest BCUT2D eigenvalue weighted by molar-refractivity contribution is 0.0339. The summed E-state index contributed by atoms with van der Waals surface area (Å²) in [7, 11) is 1.67. The van der Waals surface area contributed by atoms with Crippen LogP contribution in [0.25, 0.3) is 0 Å². The maximum Gasteiger partial charge on any atom is 0.315 e. The summed E-state index contributed by atoms with van der Waals surface area (Å²) in [6.45, 7) is 11.4. The normalized spacial score (nSPS) is 12.8. The van der Waals surface area contributed by atoms with Gasteiger partial charge in [0.1, 0.15) is 0 Å². The van der Waals surface area contributed by atoms with Crippen molar-refractivity contribution in [2.45, 2.75) is 52.3 Å². The number of aromatic nitrogens is 2. The maximum absolute atomic E-state index is 5.47. The van der Waals surface area contributed by atoms with Crippen LogP contribution in [0, 0.1) is 0 Å². The minimum atomic E-state index is -0.266. The van der Waals surface area contributed by atoms with Crippen LogP contribution in [0.4, 0.5) is 6.01 Å². The summed E-state index contributed by atoms with van der Waals surface area (Å²) < 4.78 is 10.8. The monoisotopic (exact) mass is 256 g/mol. The van der Waals surface area contributed by atoms with E-state index in [0.717, 1.165) is 0 Å². The highest BCUT2D eigenvalue weighted by molar-refractivity contribution is 5.17. The number of ether oxygens (including phenoxy) is 1. The molecule has 0 aromatic carbocycles. The van der Waals surface area contributed by atoms with E-state index >= 15 is 0 Å². The first-order chi connectivity index (χ1) is 8.22. The van der Waals surface area contributed by atoms with Gasteiger partial charge in [0.05, 0.1) is 12.1 Å². The van der Waals surface area contributed by atoms with Crippen molar-refractivity contribution in [3.8, 4) is 0 Å². The predicted octanol–water partition coefficient (Wildman–Crippen LogP) is 1.79. The lowest BCUT2D eigenvalue weighted by Gasteiger charge is -2.22. The lowest BCUT2D eigenvalue weighted by atomic mass is 10.1. The summed E-state index contributed by atoms with van der Waals surface area (Å²) in [5.74, 6) is 0.572. The molecule has 0 aliphatic rings. The number of anilines is 1. The Hall–Kier alpha value is -1.14. The number of hydrogen-bond donors (Lipinski definition) is 2. The summed E-state index contributed by atoms with van der Waals surface area (Å²) in [4.78, 5) is 0. The Labute approximate surface area is 108 Å². The number of rotatable bonds is 6. The number of hydrogen-bond acceptors (Lipinski definition) is 6. The molecule has 0 unspecified atom stereocenters. The fourth-order valence-corrected chi connectivity index (χ4v) is 1.10. The van der Waals surface area contributed by atoms with Crippen molar-refractivity contribution in [1.29, 1.82) is 0 Å². The Bertz CT molecular complexity index is 368. The fourth-order valence-electron chi connectivity index (χ4n) is 1.10. The van der Waals surface area contributed by atoms with Crippen molar-refractivity contribution >= 4 is 6.01 Å². The summed E-state index contributed by atoms with van der Waals surface area (Å²) in [6, 6.07) is 0.422. The van der Waals surface area contributed by atoms with Gasteiger partial charge < -0.3 is 19.8 Å². The molecule has 0 radical (unpaired) electrons. The Morgan fingerprint density at radius 2 is 1.83 bits per heavy atom. The number of nitrogens with zero attached hydrogens (tertiary/aromatic N) is 2. The second-order valence-electron chi connectivity index (χ2n) is 5.92. The summed E-state index contributed by atoms with van der Waals surface area (Å²) in [5, 5.41) is 14.2. The molecule has 0 spiro atoms. The smallest absolute Gasteiger partial charge is 0.315 e. The van der Waals surface area contributed by atoms with E-state index in [4.69, 9.17) is 9.15 Å².